The Hall–Kier alpha value is -3.49. The number of ether oxygens (including phenoxy) is 1. The SMILES string of the molecule is O=C(Nc1cc(CCc2ccccc2)[nH]n1)C1CC(=O)N(c2ccc(CC3CNCCO3)cc2)C1. The highest BCUT2D eigenvalue weighted by Crippen LogP contribution is 2.27. The number of hydrogen-bond acceptors (Lipinski definition) is 5. The molecule has 2 aromatic carbocycles. The first-order valence-corrected chi connectivity index (χ1v) is 12.2. The van der Waals surface area contributed by atoms with Gasteiger partial charge in [0.1, 0.15) is 0 Å². The summed E-state index contributed by atoms with van der Waals surface area (Å²) >= 11 is 0. The predicted molar refractivity (Wildman–Crippen MR) is 134 cm³/mol. The number of nitrogens with zero attached hydrogens (tertiary/aromatic N) is 2. The molecule has 2 amide bonds. The summed E-state index contributed by atoms with van der Waals surface area (Å²) in [6, 6.07) is 20.1. The zero-order valence-electron chi connectivity index (χ0n) is 19.7. The van der Waals surface area contributed by atoms with Crippen LogP contribution in [0.3, 0.4) is 0 Å². The van der Waals surface area contributed by atoms with Gasteiger partial charge >= 0.3 is 0 Å². The van der Waals surface area contributed by atoms with Crippen LogP contribution >= 0.6 is 0 Å². The second-order valence-electron chi connectivity index (χ2n) is 9.23. The van der Waals surface area contributed by atoms with Crippen molar-refractivity contribution in [1.82, 2.24) is 15.5 Å². The van der Waals surface area contributed by atoms with Crippen molar-refractivity contribution in [1.29, 1.82) is 0 Å². The maximum absolute atomic E-state index is 12.8. The number of hydrogen-bond donors (Lipinski definition) is 3. The first-order chi connectivity index (χ1) is 17.1. The normalized spacial score (nSPS) is 20.2. The van der Waals surface area contributed by atoms with Crippen molar-refractivity contribution in [2.24, 2.45) is 5.92 Å². The molecule has 8 nitrogen and oxygen atoms in total. The van der Waals surface area contributed by atoms with Gasteiger partial charge in [-0.25, -0.2) is 0 Å². The van der Waals surface area contributed by atoms with E-state index in [4.69, 9.17) is 4.74 Å². The smallest absolute Gasteiger partial charge is 0.231 e. The van der Waals surface area contributed by atoms with Crippen LogP contribution in [0.2, 0.25) is 0 Å². The maximum Gasteiger partial charge on any atom is 0.231 e. The third-order valence-electron chi connectivity index (χ3n) is 6.62. The van der Waals surface area contributed by atoms with E-state index in [1.54, 1.807) is 4.90 Å². The average Bonchev–Trinajstić information content (AvgIpc) is 3.51. The molecule has 2 aliphatic heterocycles. The van der Waals surface area contributed by atoms with E-state index >= 15 is 0 Å². The van der Waals surface area contributed by atoms with Gasteiger partial charge in [-0.2, -0.15) is 5.10 Å². The molecule has 3 heterocycles. The summed E-state index contributed by atoms with van der Waals surface area (Å²) < 4.78 is 5.77. The van der Waals surface area contributed by atoms with Crippen molar-refractivity contribution in [3.63, 3.8) is 0 Å². The van der Waals surface area contributed by atoms with Gasteiger partial charge in [0.05, 0.1) is 18.6 Å². The molecule has 5 rings (SSSR count). The van der Waals surface area contributed by atoms with E-state index in [1.165, 1.54) is 11.1 Å². The molecule has 1 aromatic heterocycles. The second kappa shape index (κ2) is 10.8. The fourth-order valence-corrected chi connectivity index (χ4v) is 4.66. The highest BCUT2D eigenvalue weighted by atomic mass is 16.5. The van der Waals surface area contributed by atoms with Crippen LogP contribution in [-0.2, 0) is 33.6 Å². The van der Waals surface area contributed by atoms with Crippen molar-refractivity contribution in [3.8, 4) is 0 Å². The molecular formula is C27H31N5O3. The molecule has 3 aromatic rings. The fraction of sp³-hybridized carbons (Fsp3) is 0.370. The summed E-state index contributed by atoms with van der Waals surface area (Å²) in [4.78, 5) is 27.2. The Morgan fingerprint density at radius 1 is 1.09 bits per heavy atom. The van der Waals surface area contributed by atoms with E-state index in [1.807, 2.05) is 48.5 Å². The lowest BCUT2D eigenvalue weighted by molar-refractivity contribution is -0.122. The molecule has 0 radical (unpaired) electrons. The number of aromatic nitrogens is 2. The number of morpholine rings is 1. The van der Waals surface area contributed by atoms with Crippen molar-refractivity contribution in [3.05, 3.63) is 77.5 Å². The van der Waals surface area contributed by atoms with Gasteiger partial charge in [-0.05, 0) is 42.5 Å². The van der Waals surface area contributed by atoms with Crippen LogP contribution in [0, 0.1) is 5.92 Å². The van der Waals surface area contributed by atoms with Crippen LogP contribution < -0.4 is 15.5 Å². The standard InChI is InChI=1S/C27H31N5O3/c33-26-15-21(18-32(26)23-10-7-20(8-11-23)14-24-17-28-12-13-35-24)27(34)29-25-16-22(30-31-25)9-6-19-4-2-1-3-5-19/h1-5,7-8,10-11,16,21,24,28H,6,9,12-15,17-18H2,(H2,29,30,31,34). The lowest BCUT2D eigenvalue weighted by Gasteiger charge is -2.24. The molecule has 8 heteroatoms. The van der Waals surface area contributed by atoms with Gasteiger partial charge in [0, 0.05) is 43.5 Å². The number of anilines is 2. The van der Waals surface area contributed by atoms with Crippen molar-refractivity contribution < 1.29 is 14.3 Å². The Kier molecular flexibility index (Phi) is 7.20. The van der Waals surface area contributed by atoms with Crippen molar-refractivity contribution >= 4 is 23.3 Å². The van der Waals surface area contributed by atoms with E-state index in [0.717, 1.165) is 50.3 Å². The number of H-pyrrole nitrogens is 1. The molecule has 35 heavy (non-hydrogen) atoms. The Morgan fingerprint density at radius 3 is 2.69 bits per heavy atom. The summed E-state index contributed by atoms with van der Waals surface area (Å²) in [5, 5.41) is 13.4. The van der Waals surface area contributed by atoms with Gasteiger partial charge in [-0.15, -0.1) is 0 Å². The summed E-state index contributed by atoms with van der Waals surface area (Å²) in [6.07, 6.45) is 2.91. The third kappa shape index (κ3) is 5.96. The number of aryl methyl sites for hydroxylation is 2. The van der Waals surface area contributed by atoms with Crippen LogP contribution in [0.5, 0.6) is 0 Å². The maximum atomic E-state index is 12.8. The lowest BCUT2D eigenvalue weighted by Crippen LogP contribution is -2.39. The zero-order chi connectivity index (χ0) is 24.0. The molecule has 2 fully saturated rings. The molecule has 2 atom stereocenters. The van der Waals surface area contributed by atoms with Gasteiger partial charge in [-0.3, -0.25) is 14.7 Å². The molecule has 0 aliphatic carbocycles. The minimum Gasteiger partial charge on any atom is -0.375 e. The molecule has 3 N–H and O–H groups in total. The van der Waals surface area contributed by atoms with Crippen LogP contribution in [-0.4, -0.2) is 54.4 Å². The number of benzene rings is 2. The van der Waals surface area contributed by atoms with Crippen LogP contribution in [0.25, 0.3) is 0 Å². The first-order valence-electron chi connectivity index (χ1n) is 12.2. The lowest BCUT2D eigenvalue weighted by atomic mass is 10.1. The van der Waals surface area contributed by atoms with Crippen molar-refractivity contribution in [2.75, 3.05) is 36.5 Å². The summed E-state index contributed by atoms with van der Waals surface area (Å²) in [5.41, 5.74) is 4.21. The minimum absolute atomic E-state index is 0.0386. The van der Waals surface area contributed by atoms with E-state index < -0.39 is 5.92 Å². The first kappa shape index (κ1) is 23.3. The number of carbonyl (C=O) groups excluding carboxylic acids is 2. The highest BCUT2D eigenvalue weighted by molar-refractivity contribution is 6.03. The molecule has 0 saturated carbocycles. The average molecular weight is 474 g/mol. The molecule has 2 saturated heterocycles. The van der Waals surface area contributed by atoms with Gasteiger partial charge in [-0.1, -0.05) is 42.5 Å². The van der Waals surface area contributed by atoms with Gasteiger partial charge in [0.25, 0.3) is 0 Å². The number of rotatable bonds is 8. The highest BCUT2D eigenvalue weighted by Gasteiger charge is 2.35. The van der Waals surface area contributed by atoms with Crippen LogP contribution in [0.1, 0.15) is 23.2 Å². The quantitative estimate of drug-likeness (QED) is 0.467. The van der Waals surface area contributed by atoms with E-state index in [-0.39, 0.29) is 24.3 Å². The summed E-state index contributed by atoms with van der Waals surface area (Å²) in [7, 11) is 0. The monoisotopic (exact) mass is 473 g/mol. The molecule has 182 valence electrons. The topological polar surface area (TPSA) is 99.3 Å². The number of carbonyl (C=O) groups is 2. The molecular weight excluding hydrogens is 442 g/mol. The van der Waals surface area contributed by atoms with Crippen molar-refractivity contribution in [2.45, 2.75) is 31.8 Å². The predicted octanol–water partition coefficient (Wildman–Crippen LogP) is 2.72. The second-order valence-corrected chi connectivity index (χ2v) is 9.23. The number of amides is 2. The molecule has 2 aliphatic rings. The fourth-order valence-electron chi connectivity index (χ4n) is 4.66. The largest absolute Gasteiger partial charge is 0.375 e. The number of nitrogens with one attached hydrogen (secondary N) is 3. The van der Waals surface area contributed by atoms with Crippen LogP contribution in [0.15, 0.2) is 60.7 Å². The Labute approximate surface area is 205 Å². The van der Waals surface area contributed by atoms with Crippen LogP contribution in [0.4, 0.5) is 11.5 Å². The zero-order valence-corrected chi connectivity index (χ0v) is 19.7. The summed E-state index contributed by atoms with van der Waals surface area (Å²) in [6.45, 7) is 2.86. The van der Waals surface area contributed by atoms with Gasteiger partial charge in [0.2, 0.25) is 11.8 Å². The molecule has 0 bridgehead atoms. The third-order valence-corrected chi connectivity index (χ3v) is 6.62. The Bertz CT molecular complexity index is 1140. The molecule has 0 spiro atoms. The number of aromatic amines is 1. The van der Waals surface area contributed by atoms with E-state index in [2.05, 4.69) is 33.0 Å². The Morgan fingerprint density at radius 2 is 1.91 bits per heavy atom. The Balaban J connectivity index is 1.13. The van der Waals surface area contributed by atoms with E-state index in [9.17, 15) is 9.59 Å². The van der Waals surface area contributed by atoms with E-state index in [0.29, 0.717) is 12.4 Å². The summed E-state index contributed by atoms with van der Waals surface area (Å²) in [5.74, 6) is -0.134. The van der Waals surface area contributed by atoms with Gasteiger partial charge in [0.15, 0.2) is 5.82 Å². The van der Waals surface area contributed by atoms with Gasteiger partial charge < -0.3 is 20.3 Å². The minimum atomic E-state index is -0.409. The molecule has 2 unspecified atom stereocenters.